The molecule has 3 heterocycles. The fourth-order valence-electron chi connectivity index (χ4n) is 12.0. The van der Waals surface area contributed by atoms with Crippen molar-refractivity contribution in [1.29, 1.82) is 0 Å². The smallest absolute Gasteiger partial charge is 0.233 e. The summed E-state index contributed by atoms with van der Waals surface area (Å²) in [5.41, 5.74) is 7.33. The number of ether oxygens (including phenoxy) is 1. The van der Waals surface area contributed by atoms with Crippen LogP contribution in [0.3, 0.4) is 0 Å². The SMILES string of the molecule is CC(C)n1nnc2c1-c1ccccc1CN(C(=O)CCNC(=O)CCOCCNC(=O)CCN1C(=O)C3C4C=CC(C4CCC[Si](C(C)C)(C(C)C)C(C)C)C3C1=O)c1ccccc1-2. The van der Waals surface area contributed by atoms with Crippen LogP contribution in [0.25, 0.3) is 22.5 Å². The number of anilines is 1. The highest BCUT2D eigenvalue weighted by atomic mass is 28.3. The molecule has 1 saturated carbocycles. The van der Waals surface area contributed by atoms with Gasteiger partial charge in [-0.3, -0.25) is 28.9 Å². The number of carbonyl (C=O) groups excluding carboxylic acids is 5. The molecule has 13 nitrogen and oxygen atoms in total. The van der Waals surface area contributed by atoms with Crippen LogP contribution < -0.4 is 15.5 Å². The van der Waals surface area contributed by atoms with Crippen molar-refractivity contribution in [1.82, 2.24) is 30.5 Å². The summed E-state index contributed by atoms with van der Waals surface area (Å²) in [6.45, 7) is 19.8. The highest BCUT2D eigenvalue weighted by Gasteiger charge is 2.63. The fourth-order valence-corrected chi connectivity index (χ4v) is 18.5. The molecule has 4 unspecified atom stereocenters. The second-order valence-corrected chi connectivity index (χ2v) is 25.8. The van der Waals surface area contributed by atoms with Crippen molar-refractivity contribution in [3.05, 3.63) is 66.2 Å². The maximum atomic E-state index is 13.8. The van der Waals surface area contributed by atoms with Gasteiger partial charge in [-0.15, -0.1) is 5.10 Å². The van der Waals surface area contributed by atoms with Crippen molar-refractivity contribution in [3.63, 3.8) is 0 Å². The molecule has 3 aromatic rings. The van der Waals surface area contributed by atoms with Crippen molar-refractivity contribution >= 4 is 43.3 Å². The standard InChI is InChI=1S/C50H69N7O6Si/c1-31(2)57-48-36-15-10-9-14-35(36)30-56(41-18-12-11-16-40(41)47(48)53-54-57)44(60)21-24-51-43(59)23-27-63-28-25-52-42(58)22-26-55-49(61)45-38-19-20-39(46(45)50(55)62)37(38)17-13-29-64(32(3)4,33(5)6)34(7)8/h9-12,14-16,18-20,31-34,37-39,45-46H,13,17,21-30H2,1-8H3,(H,51,59)(H,52,58). The normalized spacial score (nSPS) is 21.1. The van der Waals surface area contributed by atoms with Crippen molar-refractivity contribution in [2.75, 3.05) is 37.7 Å². The number of aromatic nitrogens is 3. The number of allylic oxidation sites excluding steroid dienone is 2. The lowest BCUT2D eigenvalue weighted by Gasteiger charge is -2.43. The van der Waals surface area contributed by atoms with Crippen LogP contribution in [0, 0.1) is 29.6 Å². The molecule has 344 valence electrons. The Morgan fingerprint density at radius 1 is 0.766 bits per heavy atom. The van der Waals surface area contributed by atoms with Gasteiger partial charge in [-0.25, -0.2) is 4.68 Å². The van der Waals surface area contributed by atoms with Crippen LogP contribution in [0.15, 0.2) is 60.7 Å². The number of nitrogens with zero attached hydrogens (tertiary/aromatic N) is 5. The lowest BCUT2D eigenvalue weighted by Crippen LogP contribution is -2.44. The van der Waals surface area contributed by atoms with E-state index < -0.39 is 8.07 Å². The molecular formula is C50H69N7O6Si. The summed E-state index contributed by atoms with van der Waals surface area (Å²) in [6.07, 6.45) is 6.84. The third kappa shape index (κ3) is 9.14. The molecule has 2 N–H and O–H groups in total. The van der Waals surface area contributed by atoms with Crippen LogP contribution in [-0.4, -0.2) is 90.4 Å². The lowest BCUT2D eigenvalue weighted by molar-refractivity contribution is -0.141. The molecule has 5 amide bonds. The minimum absolute atomic E-state index is 0.0346. The predicted octanol–water partition coefficient (Wildman–Crippen LogP) is 7.95. The van der Waals surface area contributed by atoms with Gasteiger partial charge in [0.25, 0.3) is 0 Å². The van der Waals surface area contributed by atoms with E-state index in [1.54, 1.807) is 4.90 Å². The van der Waals surface area contributed by atoms with E-state index in [0.29, 0.717) is 29.1 Å². The molecule has 0 radical (unpaired) electrons. The maximum absolute atomic E-state index is 13.8. The van der Waals surface area contributed by atoms with Gasteiger partial charge in [0.1, 0.15) is 5.69 Å². The quantitative estimate of drug-likeness (QED) is 0.0502. The average molecular weight is 892 g/mol. The minimum atomic E-state index is -1.51. The highest BCUT2D eigenvalue weighted by molar-refractivity contribution is 6.83. The van der Waals surface area contributed by atoms with Crippen molar-refractivity contribution in [2.45, 2.75) is 123 Å². The van der Waals surface area contributed by atoms with Gasteiger partial charge in [0.2, 0.25) is 29.5 Å². The first-order chi connectivity index (χ1) is 30.7. The average Bonchev–Trinajstić information content (AvgIpc) is 4.01. The number of likely N-dealkylation sites (tertiary alicyclic amines) is 1. The van der Waals surface area contributed by atoms with Gasteiger partial charge in [0, 0.05) is 56.1 Å². The van der Waals surface area contributed by atoms with Crippen LogP contribution in [0.5, 0.6) is 0 Å². The molecule has 2 aliphatic carbocycles. The van der Waals surface area contributed by atoms with E-state index >= 15 is 0 Å². The zero-order chi connectivity index (χ0) is 45.9. The van der Waals surface area contributed by atoms with Crippen molar-refractivity contribution in [3.8, 4) is 22.5 Å². The first-order valence-corrected chi connectivity index (χ1v) is 26.2. The third-order valence-corrected chi connectivity index (χ3v) is 22.7. The number of nitrogens with one attached hydrogen (secondary N) is 2. The van der Waals surface area contributed by atoms with E-state index in [1.807, 2.05) is 53.2 Å². The number of carbonyl (C=O) groups is 5. The van der Waals surface area contributed by atoms with Crippen molar-refractivity contribution < 1.29 is 28.7 Å². The summed E-state index contributed by atoms with van der Waals surface area (Å²) in [6, 6.07) is 17.1. The van der Waals surface area contributed by atoms with Crippen LogP contribution in [0.4, 0.5) is 5.69 Å². The monoisotopic (exact) mass is 892 g/mol. The van der Waals surface area contributed by atoms with E-state index in [9.17, 15) is 24.0 Å². The Morgan fingerprint density at radius 2 is 1.38 bits per heavy atom. The summed E-state index contributed by atoms with van der Waals surface area (Å²) in [5, 5.41) is 14.7. The molecule has 14 heteroatoms. The zero-order valence-electron chi connectivity index (χ0n) is 39.1. The third-order valence-electron chi connectivity index (χ3n) is 15.0. The summed E-state index contributed by atoms with van der Waals surface area (Å²) >= 11 is 0. The van der Waals surface area contributed by atoms with E-state index in [4.69, 9.17) is 4.74 Å². The number of fused-ring (bicyclic) bond motifs is 10. The Labute approximate surface area is 380 Å². The van der Waals surface area contributed by atoms with Gasteiger partial charge in [-0.2, -0.15) is 0 Å². The number of hydrogen-bond acceptors (Lipinski definition) is 8. The van der Waals surface area contributed by atoms with Crippen LogP contribution in [-0.2, 0) is 35.3 Å². The maximum Gasteiger partial charge on any atom is 0.233 e. The summed E-state index contributed by atoms with van der Waals surface area (Å²) in [5.74, 6) is -0.900. The van der Waals surface area contributed by atoms with Crippen LogP contribution in [0.1, 0.15) is 99.1 Å². The van der Waals surface area contributed by atoms with E-state index in [-0.39, 0.29) is 111 Å². The Hall–Kier alpha value is -4.95. The Morgan fingerprint density at radius 3 is 2.03 bits per heavy atom. The highest BCUT2D eigenvalue weighted by Crippen LogP contribution is 2.58. The second kappa shape index (κ2) is 20.1. The minimum Gasteiger partial charge on any atom is -0.379 e. The van der Waals surface area contributed by atoms with Gasteiger partial charge < -0.3 is 20.3 Å². The van der Waals surface area contributed by atoms with Gasteiger partial charge >= 0.3 is 0 Å². The van der Waals surface area contributed by atoms with Crippen LogP contribution in [0.2, 0.25) is 22.7 Å². The Bertz CT molecular complexity index is 2180. The van der Waals surface area contributed by atoms with Gasteiger partial charge in [-0.1, -0.05) is 130 Å². The fraction of sp³-hybridized carbons (Fsp3) is 0.580. The molecule has 1 aromatic heterocycles. The number of imide groups is 1. The van der Waals surface area contributed by atoms with Gasteiger partial charge in [0.15, 0.2) is 0 Å². The van der Waals surface area contributed by atoms with E-state index in [2.05, 4.69) is 88.5 Å². The van der Waals surface area contributed by atoms with Gasteiger partial charge in [-0.05, 0) is 49.7 Å². The molecule has 64 heavy (non-hydrogen) atoms. The van der Waals surface area contributed by atoms with E-state index in [1.165, 1.54) is 10.9 Å². The zero-order valence-corrected chi connectivity index (χ0v) is 40.1. The summed E-state index contributed by atoms with van der Waals surface area (Å²) in [4.78, 5) is 69.6. The first kappa shape index (κ1) is 47.0. The Kier molecular flexibility index (Phi) is 14.7. The number of benzene rings is 2. The number of amides is 5. The molecular weight excluding hydrogens is 823 g/mol. The molecule has 2 aromatic carbocycles. The topological polar surface area (TPSA) is 156 Å². The van der Waals surface area contributed by atoms with Gasteiger partial charge in [0.05, 0.1) is 51.0 Å². The Balaban J connectivity index is 0.800. The molecule has 7 rings (SSSR count). The summed E-state index contributed by atoms with van der Waals surface area (Å²) < 4.78 is 7.55. The molecule has 2 bridgehead atoms. The molecule has 2 aliphatic heterocycles. The second-order valence-electron chi connectivity index (χ2n) is 19.6. The first-order valence-electron chi connectivity index (χ1n) is 23.7. The molecule has 2 fully saturated rings. The lowest BCUT2D eigenvalue weighted by atomic mass is 9.85. The van der Waals surface area contributed by atoms with Crippen molar-refractivity contribution in [2.24, 2.45) is 29.6 Å². The van der Waals surface area contributed by atoms with Crippen LogP contribution >= 0.6 is 0 Å². The van der Waals surface area contributed by atoms with E-state index in [0.717, 1.165) is 46.6 Å². The predicted molar refractivity (Wildman–Crippen MR) is 252 cm³/mol. The molecule has 4 atom stereocenters. The number of hydrogen-bond donors (Lipinski definition) is 2. The largest absolute Gasteiger partial charge is 0.379 e. The number of para-hydroxylation sites is 1. The molecule has 0 spiro atoms. The number of rotatable bonds is 20. The molecule has 4 aliphatic rings. The molecule has 1 saturated heterocycles. The summed E-state index contributed by atoms with van der Waals surface area (Å²) in [7, 11) is -1.51.